The van der Waals surface area contributed by atoms with Gasteiger partial charge in [0.1, 0.15) is 0 Å². The van der Waals surface area contributed by atoms with E-state index in [2.05, 4.69) is 17.0 Å². The van der Waals surface area contributed by atoms with E-state index in [0.29, 0.717) is 16.9 Å². The highest BCUT2D eigenvalue weighted by Gasteiger charge is 2.26. The standard InChI is InChI=1S/C16H26N2O2S/c1-3-18-21(19,20)15-9-7-14(8-10-15)17-13-16(2)11-5-4-6-12-16/h7-10,17-18H,3-6,11-13H2,1-2H3. The molecule has 0 aliphatic heterocycles. The number of rotatable bonds is 6. The third kappa shape index (κ3) is 4.45. The van der Waals surface area contributed by atoms with Crippen molar-refractivity contribution in [3.05, 3.63) is 24.3 Å². The zero-order valence-corrected chi connectivity index (χ0v) is 13.8. The highest BCUT2D eigenvalue weighted by Crippen LogP contribution is 2.35. The first-order chi connectivity index (χ1) is 9.95. The minimum Gasteiger partial charge on any atom is -0.384 e. The highest BCUT2D eigenvalue weighted by molar-refractivity contribution is 7.89. The van der Waals surface area contributed by atoms with Gasteiger partial charge >= 0.3 is 0 Å². The maximum absolute atomic E-state index is 11.9. The number of hydrogen-bond acceptors (Lipinski definition) is 3. The van der Waals surface area contributed by atoms with Crippen LogP contribution in [0.3, 0.4) is 0 Å². The van der Waals surface area contributed by atoms with Crippen molar-refractivity contribution in [2.24, 2.45) is 5.41 Å². The molecule has 0 unspecified atom stereocenters. The Kier molecular flexibility index (Phi) is 5.27. The van der Waals surface area contributed by atoms with Crippen LogP contribution in [0.5, 0.6) is 0 Å². The molecule has 1 fully saturated rings. The van der Waals surface area contributed by atoms with E-state index in [1.807, 2.05) is 12.1 Å². The van der Waals surface area contributed by atoms with Crippen LogP contribution in [0.1, 0.15) is 46.0 Å². The zero-order chi connectivity index (χ0) is 15.3. The molecule has 1 aliphatic carbocycles. The van der Waals surface area contributed by atoms with Crippen molar-refractivity contribution >= 4 is 15.7 Å². The first-order valence-corrected chi connectivity index (χ1v) is 9.27. The topological polar surface area (TPSA) is 58.2 Å². The van der Waals surface area contributed by atoms with Gasteiger partial charge in [-0.25, -0.2) is 13.1 Å². The van der Waals surface area contributed by atoms with Gasteiger partial charge in [-0.2, -0.15) is 0 Å². The number of sulfonamides is 1. The Morgan fingerprint density at radius 2 is 1.71 bits per heavy atom. The summed E-state index contributed by atoms with van der Waals surface area (Å²) in [5.74, 6) is 0. The number of benzene rings is 1. The van der Waals surface area contributed by atoms with Crippen LogP contribution >= 0.6 is 0 Å². The Hall–Kier alpha value is -1.07. The van der Waals surface area contributed by atoms with E-state index in [0.717, 1.165) is 12.2 Å². The van der Waals surface area contributed by atoms with E-state index in [1.165, 1.54) is 32.1 Å². The third-order valence-electron chi connectivity index (χ3n) is 4.28. The van der Waals surface area contributed by atoms with Gasteiger partial charge in [-0.1, -0.05) is 33.1 Å². The van der Waals surface area contributed by atoms with Crippen LogP contribution in [0.4, 0.5) is 5.69 Å². The van der Waals surface area contributed by atoms with Crippen LogP contribution in [-0.4, -0.2) is 21.5 Å². The van der Waals surface area contributed by atoms with Gasteiger partial charge in [0.2, 0.25) is 10.0 Å². The highest BCUT2D eigenvalue weighted by atomic mass is 32.2. The van der Waals surface area contributed by atoms with Crippen LogP contribution in [0.15, 0.2) is 29.2 Å². The molecule has 1 aliphatic rings. The fourth-order valence-corrected chi connectivity index (χ4v) is 3.96. The second-order valence-corrected chi connectivity index (χ2v) is 8.02. The summed E-state index contributed by atoms with van der Waals surface area (Å²) in [6.45, 7) is 5.47. The summed E-state index contributed by atoms with van der Waals surface area (Å²) in [6.07, 6.45) is 6.53. The fraction of sp³-hybridized carbons (Fsp3) is 0.625. The van der Waals surface area contributed by atoms with Crippen LogP contribution in [0.2, 0.25) is 0 Å². The van der Waals surface area contributed by atoms with Crippen molar-refractivity contribution in [2.45, 2.75) is 50.8 Å². The summed E-state index contributed by atoms with van der Waals surface area (Å²) in [7, 11) is -3.35. The average Bonchev–Trinajstić information content (AvgIpc) is 2.46. The van der Waals surface area contributed by atoms with E-state index in [-0.39, 0.29) is 0 Å². The van der Waals surface area contributed by atoms with E-state index in [9.17, 15) is 8.42 Å². The van der Waals surface area contributed by atoms with E-state index < -0.39 is 10.0 Å². The predicted octanol–water partition coefficient (Wildman–Crippen LogP) is 3.37. The van der Waals surface area contributed by atoms with Gasteiger partial charge in [0, 0.05) is 18.8 Å². The maximum Gasteiger partial charge on any atom is 0.240 e. The molecule has 0 aromatic heterocycles. The second-order valence-electron chi connectivity index (χ2n) is 6.25. The minimum absolute atomic E-state index is 0.318. The van der Waals surface area contributed by atoms with Gasteiger partial charge < -0.3 is 5.32 Å². The molecule has 0 spiro atoms. The molecule has 0 atom stereocenters. The molecule has 0 amide bonds. The largest absolute Gasteiger partial charge is 0.384 e. The Balaban J connectivity index is 1.96. The van der Waals surface area contributed by atoms with Crippen molar-refractivity contribution in [3.63, 3.8) is 0 Å². The predicted molar refractivity (Wildman–Crippen MR) is 87.0 cm³/mol. The van der Waals surface area contributed by atoms with Crippen molar-refractivity contribution in [3.8, 4) is 0 Å². The molecular weight excluding hydrogens is 284 g/mol. The van der Waals surface area contributed by atoms with Crippen LogP contribution in [0, 0.1) is 5.41 Å². The van der Waals surface area contributed by atoms with Crippen LogP contribution in [0.25, 0.3) is 0 Å². The Morgan fingerprint density at radius 1 is 1.10 bits per heavy atom. The van der Waals surface area contributed by atoms with Gasteiger partial charge in [0.25, 0.3) is 0 Å². The molecule has 4 nitrogen and oxygen atoms in total. The van der Waals surface area contributed by atoms with E-state index in [1.54, 1.807) is 19.1 Å². The molecule has 0 heterocycles. The summed E-state index contributed by atoms with van der Waals surface area (Å²) >= 11 is 0. The van der Waals surface area contributed by atoms with E-state index >= 15 is 0 Å². The number of nitrogens with one attached hydrogen (secondary N) is 2. The fourth-order valence-electron chi connectivity index (χ4n) is 2.92. The lowest BCUT2D eigenvalue weighted by Crippen LogP contribution is -2.28. The average molecular weight is 310 g/mol. The Bertz CT molecular complexity index is 546. The van der Waals surface area contributed by atoms with Gasteiger partial charge in [0.15, 0.2) is 0 Å². The van der Waals surface area contributed by atoms with Gasteiger partial charge in [-0.15, -0.1) is 0 Å². The van der Waals surface area contributed by atoms with Gasteiger partial charge in [-0.3, -0.25) is 0 Å². The van der Waals surface area contributed by atoms with Crippen LogP contribution in [-0.2, 0) is 10.0 Å². The smallest absolute Gasteiger partial charge is 0.240 e. The summed E-state index contributed by atoms with van der Waals surface area (Å²) in [5.41, 5.74) is 1.35. The van der Waals surface area contributed by atoms with Crippen molar-refractivity contribution in [2.75, 3.05) is 18.4 Å². The first kappa shape index (κ1) is 16.3. The second kappa shape index (κ2) is 6.79. The molecule has 118 valence electrons. The summed E-state index contributed by atoms with van der Waals surface area (Å²) in [6, 6.07) is 7.00. The Labute approximate surface area is 128 Å². The minimum atomic E-state index is -3.35. The normalized spacial score (nSPS) is 18.4. The maximum atomic E-state index is 11.9. The quantitative estimate of drug-likeness (QED) is 0.847. The Morgan fingerprint density at radius 3 is 2.29 bits per heavy atom. The number of anilines is 1. The van der Waals surface area contributed by atoms with Crippen molar-refractivity contribution in [1.29, 1.82) is 0 Å². The molecule has 1 aromatic rings. The van der Waals surface area contributed by atoms with Gasteiger partial charge in [0.05, 0.1) is 4.90 Å². The van der Waals surface area contributed by atoms with E-state index in [4.69, 9.17) is 0 Å². The summed E-state index contributed by atoms with van der Waals surface area (Å²) in [5, 5.41) is 3.45. The third-order valence-corrected chi connectivity index (χ3v) is 5.84. The van der Waals surface area contributed by atoms with Crippen molar-refractivity contribution in [1.82, 2.24) is 4.72 Å². The molecule has 2 N–H and O–H groups in total. The molecule has 2 rings (SSSR count). The molecule has 1 saturated carbocycles. The molecule has 1 aromatic carbocycles. The first-order valence-electron chi connectivity index (χ1n) is 7.79. The zero-order valence-electron chi connectivity index (χ0n) is 13.0. The molecule has 0 bridgehead atoms. The molecule has 5 heteroatoms. The SMILES string of the molecule is CCNS(=O)(=O)c1ccc(NCC2(C)CCCCC2)cc1. The lowest BCUT2D eigenvalue weighted by molar-refractivity contribution is 0.233. The monoisotopic (exact) mass is 310 g/mol. The molecule has 0 saturated heterocycles. The van der Waals surface area contributed by atoms with Gasteiger partial charge in [-0.05, 0) is 42.5 Å². The summed E-state index contributed by atoms with van der Waals surface area (Å²) < 4.78 is 26.2. The van der Waals surface area contributed by atoms with Crippen LogP contribution < -0.4 is 10.0 Å². The van der Waals surface area contributed by atoms with Crippen molar-refractivity contribution < 1.29 is 8.42 Å². The lowest BCUT2D eigenvalue weighted by atomic mass is 9.76. The lowest BCUT2D eigenvalue weighted by Gasteiger charge is -2.34. The molecular formula is C16H26N2O2S. The number of hydrogen-bond donors (Lipinski definition) is 2. The molecule has 0 radical (unpaired) electrons. The molecule has 21 heavy (non-hydrogen) atoms. The summed E-state index contributed by atoms with van der Waals surface area (Å²) in [4.78, 5) is 0.318.